The van der Waals surface area contributed by atoms with Gasteiger partial charge in [-0.3, -0.25) is 9.78 Å². The van der Waals surface area contributed by atoms with Crippen LogP contribution in [0.25, 0.3) is 0 Å². The smallest absolute Gasteiger partial charge is 0.217 e. The van der Waals surface area contributed by atoms with Crippen LogP contribution in [0.1, 0.15) is 42.9 Å². The minimum atomic E-state index is -0.0614. The van der Waals surface area contributed by atoms with Crippen molar-refractivity contribution in [3.8, 4) is 0 Å². The van der Waals surface area contributed by atoms with Gasteiger partial charge in [-0.15, -0.1) is 0 Å². The first-order valence-electron chi connectivity index (χ1n) is 7.74. The first-order chi connectivity index (χ1) is 11.1. The van der Waals surface area contributed by atoms with Gasteiger partial charge in [-0.25, -0.2) is 15.0 Å². The normalized spacial score (nSPS) is 17.3. The zero-order valence-corrected chi connectivity index (χ0v) is 13.4. The van der Waals surface area contributed by atoms with Crippen LogP contribution in [0.15, 0.2) is 24.8 Å². The van der Waals surface area contributed by atoms with E-state index >= 15 is 0 Å². The molecular formula is C16H20N6O. The second-order valence-electron chi connectivity index (χ2n) is 5.65. The molecule has 1 atom stereocenters. The van der Waals surface area contributed by atoms with Gasteiger partial charge >= 0.3 is 0 Å². The van der Waals surface area contributed by atoms with E-state index in [9.17, 15) is 4.79 Å². The van der Waals surface area contributed by atoms with E-state index < -0.39 is 0 Å². The average molecular weight is 312 g/mol. The largest absolute Gasteiger partial charge is 0.352 e. The Bertz CT molecular complexity index is 690. The van der Waals surface area contributed by atoms with Crippen LogP contribution >= 0.6 is 0 Å². The van der Waals surface area contributed by atoms with Crippen LogP contribution in [0.4, 0.5) is 5.82 Å². The van der Waals surface area contributed by atoms with Gasteiger partial charge in [-0.2, -0.15) is 0 Å². The highest BCUT2D eigenvalue weighted by atomic mass is 16.1. The summed E-state index contributed by atoms with van der Waals surface area (Å²) in [5.41, 5.74) is 1.92. The van der Waals surface area contributed by atoms with E-state index in [1.54, 1.807) is 24.8 Å². The fourth-order valence-corrected chi connectivity index (χ4v) is 2.92. The summed E-state index contributed by atoms with van der Waals surface area (Å²) in [5, 5.41) is 2.83. The van der Waals surface area contributed by atoms with Crippen molar-refractivity contribution in [1.82, 2.24) is 25.3 Å². The predicted octanol–water partition coefficient (Wildman–Crippen LogP) is 1.55. The number of rotatable bonds is 4. The Morgan fingerprint density at radius 1 is 1.35 bits per heavy atom. The molecule has 1 aliphatic heterocycles. The molecule has 3 rings (SSSR count). The lowest BCUT2D eigenvalue weighted by molar-refractivity contribution is -0.119. The summed E-state index contributed by atoms with van der Waals surface area (Å²) in [6.45, 7) is 4.76. The second-order valence-corrected chi connectivity index (χ2v) is 5.65. The highest BCUT2D eigenvalue weighted by molar-refractivity contribution is 5.72. The third-order valence-corrected chi connectivity index (χ3v) is 3.96. The number of amides is 1. The summed E-state index contributed by atoms with van der Waals surface area (Å²) in [4.78, 5) is 31.0. The van der Waals surface area contributed by atoms with Crippen LogP contribution in [-0.4, -0.2) is 32.4 Å². The molecule has 2 aromatic rings. The van der Waals surface area contributed by atoms with Crippen molar-refractivity contribution in [1.29, 1.82) is 0 Å². The molecular weight excluding hydrogens is 292 g/mol. The maximum atomic E-state index is 11.2. The average Bonchev–Trinajstić information content (AvgIpc) is 3.03. The van der Waals surface area contributed by atoms with Gasteiger partial charge in [-0.05, 0) is 19.8 Å². The fourth-order valence-electron chi connectivity index (χ4n) is 2.92. The van der Waals surface area contributed by atoms with E-state index in [4.69, 9.17) is 0 Å². The van der Waals surface area contributed by atoms with Crippen LogP contribution in [0.2, 0.25) is 0 Å². The summed E-state index contributed by atoms with van der Waals surface area (Å²) in [5.74, 6) is 1.53. The molecule has 0 aliphatic carbocycles. The van der Waals surface area contributed by atoms with Gasteiger partial charge in [0.2, 0.25) is 5.91 Å². The van der Waals surface area contributed by atoms with E-state index in [0.717, 1.165) is 42.3 Å². The molecule has 2 aromatic heterocycles. The lowest BCUT2D eigenvalue weighted by Gasteiger charge is -2.26. The molecule has 1 unspecified atom stereocenters. The van der Waals surface area contributed by atoms with Crippen molar-refractivity contribution >= 4 is 11.7 Å². The summed E-state index contributed by atoms with van der Waals surface area (Å²) >= 11 is 0. The van der Waals surface area contributed by atoms with E-state index in [0.29, 0.717) is 6.54 Å². The summed E-state index contributed by atoms with van der Waals surface area (Å²) < 4.78 is 0. The molecule has 0 spiro atoms. The third kappa shape index (κ3) is 3.44. The predicted molar refractivity (Wildman–Crippen MR) is 85.6 cm³/mol. The number of aromatic nitrogens is 4. The van der Waals surface area contributed by atoms with Gasteiger partial charge in [0, 0.05) is 44.2 Å². The van der Waals surface area contributed by atoms with Gasteiger partial charge in [0.15, 0.2) is 0 Å². The van der Waals surface area contributed by atoms with Crippen molar-refractivity contribution in [3.63, 3.8) is 0 Å². The standard InChI is InChI=1S/C16H20N6O/c1-11-19-8-13(9-20-12(2)23)16(21-11)14-4-3-7-22(14)15-10-17-5-6-18-15/h5-6,8,10,14H,3-4,7,9H2,1-2H3,(H,20,23). The number of carbonyl (C=O) groups is 1. The molecule has 0 aromatic carbocycles. The van der Waals surface area contributed by atoms with Gasteiger partial charge in [0.25, 0.3) is 0 Å². The van der Waals surface area contributed by atoms with Crippen molar-refractivity contribution in [2.75, 3.05) is 11.4 Å². The topological polar surface area (TPSA) is 83.9 Å². The molecule has 7 heteroatoms. The number of nitrogens with one attached hydrogen (secondary N) is 1. The molecule has 1 aliphatic rings. The van der Waals surface area contributed by atoms with E-state index in [1.165, 1.54) is 6.92 Å². The number of anilines is 1. The molecule has 1 amide bonds. The fraction of sp³-hybridized carbons (Fsp3) is 0.438. The van der Waals surface area contributed by atoms with Crippen LogP contribution < -0.4 is 10.2 Å². The molecule has 0 bridgehead atoms. The minimum Gasteiger partial charge on any atom is -0.352 e. The number of hydrogen-bond acceptors (Lipinski definition) is 6. The van der Waals surface area contributed by atoms with Crippen LogP contribution in [-0.2, 0) is 11.3 Å². The number of carbonyl (C=O) groups excluding carboxylic acids is 1. The molecule has 3 heterocycles. The van der Waals surface area contributed by atoms with Crippen LogP contribution in [0.5, 0.6) is 0 Å². The first kappa shape index (κ1) is 15.3. The maximum absolute atomic E-state index is 11.2. The van der Waals surface area contributed by atoms with E-state index in [1.807, 2.05) is 6.92 Å². The van der Waals surface area contributed by atoms with E-state index in [2.05, 4.69) is 30.2 Å². The lowest BCUT2D eigenvalue weighted by Crippen LogP contribution is -2.27. The SMILES string of the molecule is CC(=O)NCc1cnc(C)nc1C1CCCN1c1cnccn1. The van der Waals surface area contributed by atoms with Gasteiger partial charge < -0.3 is 10.2 Å². The summed E-state index contributed by atoms with van der Waals surface area (Å²) in [6.07, 6.45) is 9.03. The van der Waals surface area contributed by atoms with Crippen molar-refractivity contribution in [2.45, 2.75) is 39.3 Å². The van der Waals surface area contributed by atoms with Gasteiger partial charge in [-0.1, -0.05) is 0 Å². The molecule has 0 saturated carbocycles. The van der Waals surface area contributed by atoms with Crippen LogP contribution in [0, 0.1) is 6.92 Å². The van der Waals surface area contributed by atoms with E-state index in [-0.39, 0.29) is 11.9 Å². The maximum Gasteiger partial charge on any atom is 0.217 e. The number of nitrogens with zero attached hydrogens (tertiary/aromatic N) is 5. The van der Waals surface area contributed by atoms with Crippen molar-refractivity contribution in [2.24, 2.45) is 0 Å². The molecule has 7 nitrogen and oxygen atoms in total. The lowest BCUT2D eigenvalue weighted by atomic mass is 10.1. The molecule has 120 valence electrons. The monoisotopic (exact) mass is 312 g/mol. The zero-order chi connectivity index (χ0) is 16.2. The summed E-state index contributed by atoms with van der Waals surface area (Å²) in [7, 11) is 0. The highest BCUT2D eigenvalue weighted by Gasteiger charge is 2.30. The first-order valence-corrected chi connectivity index (χ1v) is 7.74. The molecule has 1 N–H and O–H groups in total. The Hall–Kier alpha value is -2.57. The quantitative estimate of drug-likeness (QED) is 0.922. The molecule has 1 fully saturated rings. The summed E-state index contributed by atoms with van der Waals surface area (Å²) in [6, 6.07) is 0.136. The van der Waals surface area contributed by atoms with Crippen LogP contribution in [0.3, 0.4) is 0 Å². The Morgan fingerprint density at radius 3 is 2.96 bits per heavy atom. The minimum absolute atomic E-state index is 0.0614. The highest BCUT2D eigenvalue weighted by Crippen LogP contribution is 2.35. The molecule has 1 saturated heterocycles. The third-order valence-electron chi connectivity index (χ3n) is 3.96. The van der Waals surface area contributed by atoms with Gasteiger partial charge in [0.05, 0.1) is 17.9 Å². The Morgan fingerprint density at radius 2 is 2.22 bits per heavy atom. The zero-order valence-electron chi connectivity index (χ0n) is 13.4. The van der Waals surface area contributed by atoms with Gasteiger partial charge in [0.1, 0.15) is 11.6 Å². The second kappa shape index (κ2) is 6.68. The molecule has 0 radical (unpaired) electrons. The van der Waals surface area contributed by atoms with Crippen molar-refractivity contribution < 1.29 is 4.79 Å². The number of aryl methyl sites for hydroxylation is 1. The Kier molecular flexibility index (Phi) is 4.45. The molecule has 23 heavy (non-hydrogen) atoms. The Balaban J connectivity index is 1.93. The Labute approximate surface area is 135 Å². The number of hydrogen-bond donors (Lipinski definition) is 1. The van der Waals surface area contributed by atoms with Crippen molar-refractivity contribution in [3.05, 3.63) is 41.9 Å².